The van der Waals surface area contributed by atoms with Crippen LogP contribution in [0, 0.1) is 5.82 Å². The van der Waals surface area contributed by atoms with Crippen molar-refractivity contribution in [2.45, 2.75) is 18.9 Å². The van der Waals surface area contributed by atoms with Crippen molar-refractivity contribution in [1.29, 1.82) is 0 Å². The lowest BCUT2D eigenvalue weighted by Gasteiger charge is -2.19. The van der Waals surface area contributed by atoms with Crippen LogP contribution in [0.1, 0.15) is 12.8 Å². The van der Waals surface area contributed by atoms with Gasteiger partial charge in [-0.2, -0.15) is 0 Å². The molecule has 2 rings (SSSR count). The molecule has 6 nitrogen and oxygen atoms in total. The number of halogens is 1. The maximum atomic E-state index is 13.5. The molecule has 0 spiro atoms. The predicted molar refractivity (Wildman–Crippen MR) is 84.4 cm³/mol. The molecule has 1 saturated heterocycles. The van der Waals surface area contributed by atoms with E-state index in [9.17, 15) is 9.18 Å². The lowest BCUT2D eigenvalue weighted by atomic mass is 10.2. The maximum absolute atomic E-state index is 13.5. The number of carbonyl (C=O) groups is 1. The van der Waals surface area contributed by atoms with E-state index < -0.39 is 5.82 Å². The van der Waals surface area contributed by atoms with Crippen molar-refractivity contribution in [3.63, 3.8) is 0 Å². The summed E-state index contributed by atoms with van der Waals surface area (Å²) in [4.78, 5) is 13.6. The van der Waals surface area contributed by atoms with E-state index in [2.05, 4.69) is 5.32 Å². The van der Waals surface area contributed by atoms with E-state index >= 15 is 0 Å². The Morgan fingerprint density at radius 2 is 2.35 bits per heavy atom. The van der Waals surface area contributed by atoms with E-state index in [0.29, 0.717) is 31.2 Å². The molecule has 1 fully saturated rings. The van der Waals surface area contributed by atoms with Crippen LogP contribution in [0.3, 0.4) is 0 Å². The topological polar surface area (TPSA) is 60.0 Å². The van der Waals surface area contributed by atoms with Crippen molar-refractivity contribution in [3.05, 3.63) is 24.0 Å². The highest BCUT2D eigenvalue weighted by Gasteiger charge is 2.18. The highest BCUT2D eigenvalue weighted by Crippen LogP contribution is 2.26. The van der Waals surface area contributed by atoms with Gasteiger partial charge >= 0.3 is 6.03 Å². The standard InChI is InChI=1S/C16H23FN2O4/c1-19(7-9-21-2)16(20)18-14-10-12(17)5-6-15(14)23-11-13-4-3-8-22-13/h5-6,10,13H,3-4,7-9,11H2,1-2H3,(H,18,20). The summed E-state index contributed by atoms with van der Waals surface area (Å²) in [6.07, 6.45) is 2.02. The summed E-state index contributed by atoms with van der Waals surface area (Å²) in [7, 11) is 3.20. The Bertz CT molecular complexity index is 521. The average Bonchev–Trinajstić information content (AvgIpc) is 3.05. The quantitative estimate of drug-likeness (QED) is 0.836. The fourth-order valence-corrected chi connectivity index (χ4v) is 2.22. The number of nitrogens with zero attached hydrogens (tertiary/aromatic N) is 1. The third-order valence-corrected chi connectivity index (χ3v) is 3.61. The molecule has 1 aliphatic rings. The molecule has 0 aromatic heterocycles. The first-order valence-electron chi connectivity index (χ1n) is 7.65. The Morgan fingerprint density at radius 1 is 1.52 bits per heavy atom. The molecule has 23 heavy (non-hydrogen) atoms. The summed E-state index contributed by atoms with van der Waals surface area (Å²) < 4.78 is 29.6. The van der Waals surface area contributed by atoms with Gasteiger partial charge in [0.2, 0.25) is 0 Å². The Hall–Kier alpha value is -1.86. The SMILES string of the molecule is COCCN(C)C(=O)Nc1cc(F)ccc1OCC1CCCO1. The number of hydrogen-bond acceptors (Lipinski definition) is 4. The van der Waals surface area contributed by atoms with Gasteiger partial charge in [-0.05, 0) is 25.0 Å². The summed E-state index contributed by atoms with van der Waals surface area (Å²) in [6.45, 7) is 1.98. The number of methoxy groups -OCH3 is 1. The van der Waals surface area contributed by atoms with Crippen molar-refractivity contribution in [3.8, 4) is 5.75 Å². The molecular weight excluding hydrogens is 303 g/mol. The molecule has 0 saturated carbocycles. The van der Waals surface area contributed by atoms with E-state index in [0.717, 1.165) is 19.4 Å². The monoisotopic (exact) mass is 326 g/mol. The van der Waals surface area contributed by atoms with Crippen LogP contribution in [0.4, 0.5) is 14.9 Å². The number of urea groups is 1. The Kier molecular flexibility index (Phi) is 6.61. The van der Waals surface area contributed by atoms with Gasteiger partial charge in [0.15, 0.2) is 0 Å². The van der Waals surface area contributed by atoms with Crippen molar-refractivity contribution >= 4 is 11.7 Å². The van der Waals surface area contributed by atoms with Gasteiger partial charge in [-0.1, -0.05) is 0 Å². The molecule has 1 unspecified atom stereocenters. The molecule has 0 aliphatic carbocycles. The number of likely N-dealkylation sites (N-methyl/N-ethyl adjacent to an activating group) is 1. The zero-order valence-corrected chi connectivity index (χ0v) is 13.5. The highest BCUT2D eigenvalue weighted by molar-refractivity contribution is 5.90. The van der Waals surface area contributed by atoms with Crippen LogP contribution >= 0.6 is 0 Å². The first-order valence-corrected chi connectivity index (χ1v) is 7.65. The van der Waals surface area contributed by atoms with Gasteiger partial charge in [0.1, 0.15) is 18.2 Å². The largest absolute Gasteiger partial charge is 0.489 e. The molecule has 0 radical (unpaired) electrons. The van der Waals surface area contributed by atoms with Gasteiger partial charge in [-0.15, -0.1) is 0 Å². The third kappa shape index (κ3) is 5.37. The lowest BCUT2D eigenvalue weighted by molar-refractivity contribution is 0.0682. The Labute approximate surface area is 135 Å². The molecule has 1 heterocycles. The minimum absolute atomic E-state index is 0.0491. The summed E-state index contributed by atoms with van der Waals surface area (Å²) in [5, 5.41) is 2.66. The Morgan fingerprint density at radius 3 is 3.04 bits per heavy atom. The second kappa shape index (κ2) is 8.69. The number of anilines is 1. The first kappa shape index (κ1) is 17.5. The fourth-order valence-electron chi connectivity index (χ4n) is 2.22. The molecule has 0 bridgehead atoms. The number of ether oxygens (including phenoxy) is 3. The zero-order valence-electron chi connectivity index (χ0n) is 13.5. The van der Waals surface area contributed by atoms with Gasteiger partial charge in [-0.25, -0.2) is 9.18 Å². The normalized spacial score (nSPS) is 17.1. The summed E-state index contributed by atoms with van der Waals surface area (Å²) in [5.41, 5.74) is 0.303. The minimum atomic E-state index is -0.440. The summed E-state index contributed by atoms with van der Waals surface area (Å²) in [5.74, 6) is -0.0142. The van der Waals surface area contributed by atoms with E-state index in [-0.39, 0.29) is 12.1 Å². The number of rotatable bonds is 7. The number of hydrogen-bond donors (Lipinski definition) is 1. The van der Waals surface area contributed by atoms with E-state index in [4.69, 9.17) is 14.2 Å². The molecule has 1 aromatic rings. The molecular formula is C16H23FN2O4. The number of carbonyl (C=O) groups excluding carboxylic acids is 1. The molecule has 1 aliphatic heterocycles. The lowest BCUT2D eigenvalue weighted by Crippen LogP contribution is -2.34. The van der Waals surface area contributed by atoms with Crippen LogP contribution < -0.4 is 10.1 Å². The molecule has 2 amide bonds. The van der Waals surface area contributed by atoms with Gasteiger partial charge in [0.05, 0.1) is 18.4 Å². The van der Waals surface area contributed by atoms with Gasteiger partial charge in [-0.3, -0.25) is 0 Å². The number of nitrogens with one attached hydrogen (secondary N) is 1. The second-order valence-corrected chi connectivity index (χ2v) is 5.43. The third-order valence-electron chi connectivity index (χ3n) is 3.61. The van der Waals surface area contributed by atoms with Crippen LogP contribution in [-0.2, 0) is 9.47 Å². The minimum Gasteiger partial charge on any atom is -0.489 e. The second-order valence-electron chi connectivity index (χ2n) is 5.43. The van der Waals surface area contributed by atoms with Crippen LogP contribution in [0.5, 0.6) is 5.75 Å². The smallest absolute Gasteiger partial charge is 0.321 e. The van der Waals surface area contributed by atoms with Crippen molar-refractivity contribution in [2.24, 2.45) is 0 Å². The zero-order chi connectivity index (χ0) is 16.7. The van der Waals surface area contributed by atoms with E-state index in [1.165, 1.54) is 23.1 Å². The van der Waals surface area contributed by atoms with Crippen LogP contribution in [0.15, 0.2) is 18.2 Å². The van der Waals surface area contributed by atoms with Gasteiger partial charge in [0.25, 0.3) is 0 Å². The molecule has 7 heteroatoms. The molecule has 1 N–H and O–H groups in total. The van der Waals surface area contributed by atoms with Crippen molar-refractivity contribution < 1.29 is 23.4 Å². The van der Waals surface area contributed by atoms with E-state index in [1.54, 1.807) is 14.2 Å². The van der Waals surface area contributed by atoms with Gasteiger partial charge in [0, 0.05) is 33.4 Å². The number of benzene rings is 1. The molecule has 1 aromatic carbocycles. The molecule has 128 valence electrons. The van der Waals surface area contributed by atoms with Crippen LogP contribution in [-0.4, -0.2) is 57.6 Å². The Balaban J connectivity index is 1.98. The summed E-state index contributed by atoms with van der Waals surface area (Å²) >= 11 is 0. The van der Waals surface area contributed by atoms with Gasteiger partial charge < -0.3 is 24.4 Å². The predicted octanol–water partition coefficient (Wildman–Crippen LogP) is 2.49. The maximum Gasteiger partial charge on any atom is 0.321 e. The van der Waals surface area contributed by atoms with Crippen LogP contribution in [0.25, 0.3) is 0 Å². The average molecular weight is 326 g/mol. The highest BCUT2D eigenvalue weighted by atomic mass is 19.1. The first-order chi connectivity index (χ1) is 11.1. The van der Waals surface area contributed by atoms with Crippen molar-refractivity contribution in [2.75, 3.05) is 45.8 Å². The van der Waals surface area contributed by atoms with Crippen LogP contribution in [0.2, 0.25) is 0 Å². The molecule has 1 atom stereocenters. The van der Waals surface area contributed by atoms with E-state index in [1.807, 2.05) is 0 Å². The van der Waals surface area contributed by atoms with Crippen molar-refractivity contribution in [1.82, 2.24) is 4.90 Å². The fraction of sp³-hybridized carbons (Fsp3) is 0.562. The number of amides is 2. The summed E-state index contributed by atoms with van der Waals surface area (Å²) in [6, 6.07) is 3.70.